The summed E-state index contributed by atoms with van der Waals surface area (Å²) in [5, 5.41) is 6.22. The summed E-state index contributed by atoms with van der Waals surface area (Å²) in [5.74, 6) is 0. The zero-order chi connectivity index (χ0) is 23.7. The van der Waals surface area contributed by atoms with Gasteiger partial charge < -0.3 is 0 Å². The number of fused-ring (bicyclic) bond motifs is 11. The van der Waals surface area contributed by atoms with E-state index in [1.807, 2.05) is 84.9 Å². The lowest BCUT2D eigenvalue weighted by Gasteiger charge is -2.15. The maximum Gasteiger partial charge on any atom is 0.265 e. The number of aromatic nitrogens is 4. The van der Waals surface area contributed by atoms with E-state index >= 15 is 0 Å². The normalized spacial score (nSPS) is 12.7. The van der Waals surface area contributed by atoms with Crippen LogP contribution in [0.2, 0.25) is 0 Å². The van der Waals surface area contributed by atoms with Gasteiger partial charge in [0, 0.05) is 26.9 Å². The first-order chi connectivity index (χ1) is 17.7. The first-order valence-electron chi connectivity index (χ1n) is 11.8. The molecular weight excluding hydrogens is 448 g/mol. The van der Waals surface area contributed by atoms with Crippen LogP contribution in [-0.2, 0) is 0 Å². The minimum absolute atomic E-state index is 0.127. The fourth-order valence-corrected chi connectivity index (χ4v) is 6.17. The van der Waals surface area contributed by atoms with Crippen molar-refractivity contribution in [1.29, 1.82) is 0 Å². The Balaban J connectivity index is 1.73. The second-order valence-corrected chi connectivity index (χ2v) is 9.34. The zero-order valence-corrected chi connectivity index (χ0v) is 18.7. The number of hydrogen-bond donors (Lipinski definition) is 0. The van der Waals surface area contributed by atoms with Gasteiger partial charge in [0.1, 0.15) is 11.3 Å². The minimum Gasteiger partial charge on any atom is -0.268 e. The summed E-state index contributed by atoms with van der Waals surface area (Å²) in [6.45, 7) is 0. The summed E-state index contributed by atoms with van der Waals surface area (Å²) in [5.41, 5.74) is 4.04. The first-order valence-corrected chi connectivity index (χ1v) is 11.8. The summed E-state index contributed by atoms with van der Waals surface area (Å²) >= 11 is 0. The van der Waals surface area contributed by atoms with Gasteiger partial charge in [0.2, 0.25) is 0 Å². The lowest BCUT2D eigenvalue weighted by molar-refractivity contribution is 1.18. The van der Waals surface area contributed by atoms with E-state index in [0.717, 1.165) is 54.4 Å². The van der Waals surface area contributed by atoms with Crippen molar-refractivity contribution in [2.75, 3.05) is 0 Å². The molecule has 0 fully saturated rings. The van der Waals surface area contributed by atoms with E-state index < -0.39 is 0 Å². The molecule has 0 unspecified atom stereocenters. The third-order valence-corrected chi connectivity index (χ3v) is 7.61. The fraction of sp³-hybridized carbons (Fsp3) is 0. The van der Waals surface area contributed by atoms with Crippen molar-refractivity contribution in [3.63, 3.8) is 0 Å². The van der Waals surface area contributed by atoms with E-state index in [-0.39, 0.29) is 11.1 Å². The summed E-state index contributed by atoms with van der Waals surface area (Å²) in [6.07, 6.45) is 0. The predicted molar refractivity (Wildman–Crippen MR) is 144 cm³/mol. The summed E-state index contributed by atoms with van der Waals surface area (Å²) in [4.78, 5) is 37.9. The van der Waals surface area contributed by atoms with Gasteiger partial charge >= 0.3 is 0 Å². The second-order valence-electron chi connectivity index (χ2n) is 9.34. The Morgan fingerprint density at radius 2 is 0.972 bits per heavy atom. The molecule has 9 aromatic rings. The SMILES string of the molecule is O=c1c2c3ccccc3c3c4c(ccc(c24)c2nc4ccccc4n12)c(=O)n1c2ccccc2nc31. The van der Waals surface area contributed by atoms with Crippen molar-refractivity contribution in [3.05, 3.63) is 106 Å². The van der Waals surface area contributed by atoms with Crippen LogP contribution in [0, 0.1) is 0 Å². The van der Waals surface area contributed by atoms with Crippen LogP contribution in [0.25, 0.3) is 76.5 Å². The zero-order valence-electron chi connectivity index (χ0n) is 18.7. The highest BCUT2D eigenvalue weighted by atomic mass is 16.1. The molecule has 0 bridgehead atoms. The molecule has 4 heterocycles. The number of nitrogens with zero attached hydrogens (tertiary/aromatic N) is 4. The van der Waals surface area contributed by atoms with Crippen molar-refractivity contribution in [1.82, 2.24) is 18.8 Å². The molecule has 0 spiro atoms. The molecule has 36 heavy (non-hydrogen) atoms. The van der Waals surface area contributed by atoms with Crippen LogP contribution in [0.5, 0.6) is 0 Å². The van der Waals surface area contributed by atoms with Gasteiger partial charge in [-0.2, -0.15) is 0 Å². The highest BCUT2D eigenvalue weighted by molar-refractivity contribution is 6.37. The molecule has 6 heteroatoms. The molecule has 0 amide bonds. The average molecular weight is 462 g/mol. The summed E-state index contributed by atoms with van der Waals surface area (Å²) in [7, 11) is 0. The predicted octanol–water partition coefficient (Wildman–Crippen LogP) is 5.50. The van der Waals surface area contributed by atoms with Gasteiger partial charge in [-0.3, -0.25) is 18.4 Å². The highest BCUT2D eigenvalue weighted by Crippen LogP contribution is 2.41. The standard InChI is InChI=1S/C30H14N4O2/c35-29-18-14-13-17-23-24(18)25(28-32-20-10-4-6-12-22(20)34(28)29)15-7-1-2-8-16(15)26(23)30(36)33-21-11-5-3-9-19(21)31-27(17)33/h1-14H. The summed E-state index contributed by atoms with van der Waals surface area (Å²) < 4.78 is 3.42. The number of rotatable bonds is 0. The van der Waals surface area contributed by atoms with Crippen molar-refractivity contribution < 1.29 is 0 Å². The van der Waals surface area contributed by atoms with Gasteiger partial charge in [-0.15, -0.1) is 0 Å². The number of hydrogen-bond acceptors (Lipinski definition) is 4. The van der Waals surface area contributed by atoms with E-state index in [1.165, 1.54) is 0 Å². The van der Waals surface area contributed by atoms with E-state index in [0.29, 0.717) is 22.1 Å². The Morgan fingerprint density at radius 3 is 1.69 bits per heavy atom. The van der Waals surface area contributed by atoms with Crippen LogP contribution in [0.15, 0.2) is 94.5 Å². The highest BCUT2D eigenvalue weighted by Gasteiger charge is 2.25. The molecule has 166 valence electrons. The van der Waals surface area contributed by atoms with Gasteiger partial charge in [-0.05, 0) is 47.2 Å². The van der Waals surface area contributed by atoms with Crippen molar-refractivity contribution in [2.24, 2.45) is 0 Å². The van der Waals surface area contributed by atoms with E-state index in [2.05, 4.69) is 0 Å². The van der Waals surface area contributed by atoms with E-state index in [9.17, 15) is 9.59 Å². The lowest BCUT2D eigenvalue weighted by atomic mass is 9.91. The molecule has 0 atom stereocenters. The molecule has 0 aliphatic rings. The van der Waals surface area contributed by atoms with Gasteiger partial charge in [0.05, 0.1) is 27.5 Å². The Morgan fingerprint density at radius 1 is 0.444 bits per heavy atom. The molecule has 6 nitrogen and oxygen atoms in total. The molecule has 0 aliphatic heterocycles. The van der Waals surface area contributed by atoms with Gasteiger partial charge in [-0.25, -0.2) is 9.97 Å². The van der Waals surface area contributed by atoms with Crippen molar-refractivity contribution in [2.45, 2.75) is 0 Å². The summed E-state index contributed by atoms with van der Waals surface area (Å²) in [6, 6.07) is 27.1. The Labute approximate surface area is 200 Å². The Kier molecular flexibility index (Phi) is 3.01. The van der Waals surface area contributed by atoms with Crippen molar-refractivity contribution in [3.8, 4) is 0 Å². The quantitative estimate of drug-likeness (QED) is 0.221. The van der Waals surface area contributed by atoms with Gasteiger partial charge in [0.15, 0.2) is 0 Å². The molecule has 0 radical (unpaired) electrons. The molecule has 0 saturated heterocycles. The topological polar surface area (TPSA) is 68.7 Å². The average Bonchev–Trinajstić information content (AvgIpc) is 3.49. The molecule has 0 saturated carbocycles. The monoisotopic (exact) mass is 462 g/mol. The Bertz CT molecular complexity index is 2510. The number of imidazole rings is 2. The third-order valence-electron chi connectivity index (χ3n) is 7.61. The smallest absolute Gasteiger partial charge is 0.265 e. The first kappa shape index (κ1) is 18.3. The van der Waals surface area contributed by atoms with Crippen molar-refractivity contribution >= 4 is 76.5 Å². The van der Waals surface area contributed by atoms with Crippen LogP contribution in [0.4, 0.5) is 0 Å². The fourth-order valence-electron chi connectivity index (χ4n) is 6.17. The molecule has 4 aromatic heterocycles. The number of para-hydroxylation sites is 4. The van der Waals surface area contributed by atoms with E-state index in [1.54, 1.807) is 8.80 Å². The van der Waals surface area contributed by atoms with Crippen LogP contribution in [-0.4, -0.2) is 18.8 Å². The molecule has 0 aliphatic carbocycles. The molecule has 5 aromatic carbocycles. The molecule has 0 N–H and O–H groups in total. The number of benzene rings is 5. The lowest BCUT2D eigenvalue weighted by Crippen LogP contribution is -2.17. The van der Waals surface area contributed by atoms with Crippen LogP contribution in [0.1, 0.15) is 0 Å². The molecular formula is C30H14N4O2. The van der Waals surface area contributed by atoms with Gasteiger partial charge in [0.25, 0.3) is 11.1 Å². The third kappa shape index (κ3) is 1.90. The van der Waals surface area contributed by atoms with Gasteiger partial charge in [-0.1, -0.05) is 48.5 Å². The van der Waals surface area contributed by atoms with Crippen LogP contribution < -0.4 is 11.1 Å². The van der Waals surface area contributed by atoms with E-state index in [4.69, 9.17) is 9.97 Å². The maximum absolute atomic E-state index is 14.2. The largest absolute Gasteiger partial charge is 0.268 e. The Hall–Kier alpha value is -5.10. The molecule has 9 rings (SSSR count). The number of pyridine rings is 2. The van der Waals surface area contributed by atoms with Crippen LogP contribution in [0.3, 0.4) is 0 Å². The minimum atomic E-state index is -0.134. The second kappa shape index (κ2) is 5.93. The maximum atomic E-state index is 14.2. The van der Waals surface area contributed by atoms with Crippen LogP contribution >= 0.6 is 0 Å².